The molecule has 0 saturated heterocycles. The topological polar surface area (TPSA) is 118 Å². The zero-order chi connectivity index (χ0) is 21.7. The summed E-state index contributed by atoms with van der Waals surface area (Å²) < 4.78 is 0. The average molecular weight is 475 g/mol. The van der Waals surface area contributed by atoms with E-state index in [2.05, 4.69) is 22.2 Å². The highest BCUT2D eigenvalue weighted by atomic mass is 32.2. The molecule has 2 aliphatic rings. The molecule has 0 aromatic carbocycles. The Morgan fingerprint density at radius 1 is 1.23 bits per heavy atom. The van der Waals surface area contributed by atoms with Gasteiger partial charge in [0.05, 0.1) is 16.7 Å². The summed E-state index contributed by atoms with van der Waals surface area (Å²) >= 11 is 4.21. The number of primary amides is 1. The highest BCUT2D eigenvalue weighted by Gasteiger charge is 2.26. The van der Waals surface area contributed by atoms with Crippen LogP contribution in [0.2, 0.25) is 0 Å². The van der Waals surface area contributed by atoms with E-state index >= 15 is 0 Å². The Kier molecular flexibility index (Phi) is 5.39. The summed E-state index contributed by atoms with van der Waals surface area (Å²) in [5.41, 5.74) is 7.99. The molecule has 3 aromatic heterocycles. The molecule has 0 spiro atoms. The minimum absolute atomic E-state index is 0.0807. The number of nitrogens with one attached hydrogen (secondary N) is 2. The number of hydrogen-bond donors (Lipinski definition) is 3. The molecule has 2 amide bonds. The summed E-state index contributed by atoms with van der Waals surface area (Å²) in [5, 5.41) is 4.50. The number of rotatable bonds is 5. The third kappa shape index (κ3) is 3.81. The highest BCUT2D eigenvalue weighted by Crippen LogP contribution is 2.39. The van der Waals surface area contributed by atoms with Crippen molar-refractivity contribution < 1.29 is 9.59 Å². The summed E-state index contributed by atoms with van der Waals surface area (Å²) in [5.74, 6) is -0.0532. The van der Waals surface area contributed by atoms with Gasteiger partial charge in [0.1, 0.15) is 9.83 Å². The molecule has 10 heteroatoms. The van der Waals surface area contributed by atoms with Crippen LogP contribution in [0.1, 0.15) is 51.0 Å². The van der Waals surface area contributed by atoms with Gasteiger partial charge in [0.25, 0.3) is 11.5 Å². The Bertz CT molecular complexity index is 1270. The molecular formula is C21H22N4O3S3. The van der Waals surface area contributed by atoms with Crippen LogP contribution in [0.15, 0.2) is 9.95 Å². The maximum absolute atomic E-state index is 12.7. The second-order valence-corrected chi connectivity index (χ2v) is 11.3. The zero-order valence-electron chi connectivity index (χ0n) is 17.0. The lowest BCUT2D eigenvalue weighted by molar-refractivity contribution is -0.113. The zero-order valence-corrected chi connectivity index (χ0v) is 19.5. The molecule has 3 heterocycles. The van der Waals surface area contributed by atoms with E-state index < -0.39 is 5.91 Å². The summed E-state index contributed by atoms with van der Waals surface area (Å²) in [7, 11) is 0. The van der Waals surface area contributed by atoms with Crippen LogP contribution in [-0.4, -0.2) is 27.5 Å². The summed E-state index contributed by atoms with van der Waals surface area (Å²) in [6.07, 6.45) is 5.76. The summed E-state index contributed by atoms with van der Waals surface area (Å²) in [6.45, 7) is 2.23. The van der Waals surface area contributed by atoms with Gasteiger partial charge in [-0.2, -0.15) is 0 Å². The number of anilines is 1. The van der Waals surface area contributed by atoms with Crippen molar-refractivity contribution in [2.24, 2.45) is 11.7 Å². The van der Waals surface area contributed by atoms with E-state index in [1.807, 2.05) is 0 Å². The number of H-pyrrole nitrogens is 1. The Morgan fingerprint density at radius 2 is 2.06 bits per heavy atom. The maximum atomic E-state index is 12.7. The van der Waals surface area contributed by atoms with E-state index in [0.29, 0.717) is 27.0 Å². The second kappa shape index (κ2) is 8.07. The fraction of sp³-hybridized carbons (Fsp3) is 0.429. The number of nitrogens with two attached hydrogens (primary N) is 1. The number of amides is 2. The van der Waals surface area contributed by atoms with Crippen LogP contribution in [0.5, 0.6) is 0 Å². The molecule has 4 N–H and O–H groups in total. The van der Waals surface area contributed by atoms with Crippen LogP contribution in [0.4, 0.5) is 5.00 Å². The van der Waals surface area contributed by atoms with Crippen molar-refractivity contribution in [1.29, 1.82) is 0 Å². The number of nitrogens with zero attached hydrogens (tertiary/aromatic N) is 1. The van der Waals surface area contributed by atoms with Crippen LogP contribution in [-0.2, 0) is 30.5 Å². The highest BCUT2D eigenvalue weighted by molar-refractivity contribution is 7.99. The van der Waals surface area contributed by atoms with E-state index in [9.17, 15) is 14.4 Å². The van der Waals surface area contributed by atoms with Crippen molar-refractivity contribution in [2.45, 2.75) is 50.6 Å². The van der Waals surface area contributed by atoms with Crippen molar-refractivity contribution in [3.63, 3.8) is 0 Å². The monoisotopic (exact) mass is 474 g/mol. The molecule has 0 radical (unpaired) electrons. The molecule has 0 aliphatic heterocycles. The Hall–Kier alpha value is -2.17. The fourth-order valence-corrected chi connectivity index (χ4v) is 7.86. The van der Waals surface area contributed by atoms with Crippen molar-refractivity contribution in [3.05, 3.63) is 36.8 Å². The first kappa shape index (κ1) is 20.7. The first-order chi connectivity index (χ1) is 14.9. The van der Waals surface area contributed by atoms with Crippen LogP contribution in [0, 0.1) is 5.92 Å². The van der Waals surface area contributed by atoms with Crippen molar-refractivity contribution >= 4 is 61.5 Å². The first-order valence-corrected chi connectivity index (χ1v) is 12.9. The van der Waals surface area contributed by atoms with E-state index in [-0.39, 0.29) is 17.2 Å². The van der Waals surface area contributed by atoms with Crippen molar-refractivity contribution in [2.75, 3.05) is 11.1 Å². The van der Waals surface area contributed by atoms with Gasteiger partial charge >= 0.3 is 0 Å². The molecule has 3 aromatic rings. The van der Waals surface area contributed by atoms with Gasteiger partial charge in [-0.3, -0.25) is 14.4 Å². The van der Waals surface area contributed by atoms with E-state index in [4.69, 9.17) is 5.73 Å². The number of carbonyl (C=O) groups is 2. The normalized spacial score (nSPS) is 17.5. The summed E-state index contributed by atoms with van der Waals surface area (Å²) in [4.78, 5) is 47.7. The Balaban J connectivity index is 1.32. The first-order valence-electron chi connectivity index (χ1n) is 10.3. The number of aromatic amines is 1. The second-order valence-electron chi connectivity index (χ2n) is 8.17. The molecule has 0 saturated carbocycles. The molecule has 1 atom stereocenters. The fourth-order valence-electron chi connectivity index (χ4n) is 4.45. The van der Waals surface area contributed by atoms with Gasteiger partial charge in [-0.05, 0) is 55.6 Å². The van der Waals surface area contributed by atoms with Crippen molar-refractivity contribution in [1.82, 2.24) is 9.97 Å². The summed E-state index contributed by atoms with van der Waals surface area (Å²) in [6, 6.07) is 0. The molecule has 0 fully saturated rings. The largest absolute Gasteiger partial charge is 0.365 e. The number of carbonyl (C=O) groups excluding carboxylic acids is 2. The lowest BCUT2D eigenvalue weighted by Crippen LogP contribution is -2.19. The molecule has 1 unspecified atom stereocenters. The Morgan fingerprint density at radius 3 is 2.87 bits per heavy atom. The number of fused-ring (bicyclic) bond motifs is 4. The average Bonchev–Trinajstić information content (AvgIpc) is 3.37. The molecule has 7 nitrogen and oxygen atoms in total. The van der Waals surface area contributed by atoms with Gasteiger partial charge in [0, 0.05) is 9.75 Å². The van der Waals surface area contributed by atoms with Gasteiger partial charge < -0.3 is 16.0 Å². The van der Waals surface area contributed by atoms with Crippen LogP contribution >= 0.6 is 34.4 Å². The van der Waals surface area contributed by atoms with Crippen LogP contribution < -0.4 is 16.6 Å². The molecular weight excluding hydrogens is 452 g/mol. The third-order valence-electron chi connectivity index (χ3n) is 5.90. The number of hydrogen-bond acceptors (Lipinski definition) is 7. The van der Waals surface area contributed by atoms with Gasteiger partial charge in [-0.1, -0.05) is 18.7 Å². The van der Waals surface area contributed by atoms with Crippen molar-refractivity contribution in [3.8, 4) is 0 Å². The minimum atomic E-state index is -0.505. The third-order valence-corrected chi connectivity index (χ3v) is 9.13. The maximum Gasteiger partial charge on any atom is 0.260 e. The molecule has 2 aliphatic carbocycles. The number of aromatic nitrogens is 2. The molecule has 5 rings (SSSR count). The van der Waals surface area contributed by atoms with Gasteiger partial charge in [-0.15, -0.1) is 22.7 Å². The molecule has 31 heavy (non-hydrogen) atoms. The van der Waals surface area contributed by atoms with Gasteiger partial charge in [0.2, 0.25) is 5.91 Å². The quantitative estimate of drug-likeness (QED) is 0.386. The SMILES string of the molecule is CC1CCc2c(sc3nc(SCC(=O)Nc4sc5c(c4C(N)=O)CCC5)[nH]c(=O)c23)C1. The standard InChI is InChI=1S/C21H22N4O3S3/c1-9-5-6-11-13(7-9)31-20-16(11)18(28)24-21(25-20)29-8-14(26)23-19-15(17(22)27)10-3-2-4-12(10)30-19/h9H,2-8H2,1H3,(H2,22,27)(H,23,26)(H,24,25,28). The minimum Gasteiger partial charge on any atom is -0.365 e. The smallest absolute Gasteiger partial charge is 0.260 e. The lowest BCUT2D eigenvalue weighted by Gasteiger charge is -2.17. The predicted molar refractivity (Wildman–Crippen MR) is 126 cm³/mol. The number of thiophene rings is 2. The molecule has 0 bridgehead atoms. The van der Waals surface area contributed by atoms with Gasteiger partial charge in [-0.25, -0.2) is 4.98 Å². The lowest BCUT2D eigenvalue weighted by atomic mass is 9.89. The van der Waals surface area contributed by atoms with E-state index in [0.717, 1.165) is 59.4 Å². The van der Waals surface area contributed by atoms with E-state index in [1.54, 1.807) is 11.3 Å². The van der Waals surface area contributed by atoms with Crippen LogP contribution in [0.3, 0.4) is 0 Å². The predicted octanol–water partition coefficient (Wildman–Crippen LogP) is 3.49. The van der Waals surface area contributed by atoms with Gasteiger partial charge in [0.15, 0.2) is 5.16 Å². The van der Waals surface area contributed by atoms with Crippen LogP contribution in [0.25, 0.3) is 10.2 Å². The number of thioether (sulfide) groups is 1. The molecule has 162 valence electrons. The van der Waals surface area contributed by atoms with E-state index in [1.165, 1.54) is 28.0 Å². The number of aryl methyl sites for hydroxylation is 2. The Labute approximate surface area is 190 Å².